The van der Waals surface area contributed by atoms with E-state index in [9.17, 15) is 20.3 Å². The van der Waals surface area contributed by atoms with Gasteiger partial charge in [0.15, 0.2) is 12.4 Å². The van der Waals surface area contributed by atoms with E-state index in [1.165, 1.54) is 12.1 Å². The first kappa shape index (κ1) is 15.9. The summed E-state index contributed by atoms with van der Waals surface area (Å²) in [5.41, 5.74) is -0.200. The third-order valence-electron chi connectivity index (χ3n) is 3.09. The molecule has 0 aliphatic carbocycles. The number of nitro benzene ring substituents is 1. The summed E-state index contributed by atoms with van der Waals surface area (Å²) in [7, 11) is 0. The summed E-state index contributed by atoms with van der Waals surface area (Å²) in [6, 6.07) is 3.58. The van der Waals surface area contributed by atoms with Crippen LogP contribution in [0.25, 0.3) is 0 Å². The average molecular weight is 320 g/mol. The molecule has 0 spiro atoms. The van der Waals surface area contributed by atoms with Gasteiger partial charge in [0, 0.05) is 18.6 Å². The normalized spacial score (nSPS) is 29.1. The predicted molar refractivity (Wildman–Crippen MR) is 71.1 cm³/mol. The van der Waals surface area contributed by atoms with Crippen LogP contribution in [0.5, 0.6) is 5.75 Å². The van der Waals surface area contributed by atoms with E-state index >= 15 is 0 Å². The first-order chi connectivity index (χ1) is 9.92. The van der Waals surface area contributed by atoms with Crippen molar-refractivity contribution < 1.29 is 29.7 Å². The highest BCUT2D eigenvalue weighted by molar-refractivity contribution is 6.32. The molecule has 1 aromatic rings. The molecule has 2 rings (SSSR count). The van der Waals surface area contributed by atoms with Gasteiger partial charge in [-0.2, -0.15) is 0 Å². The molecule has 0 amide bonds. The Hall–Kier alpha value is -1.45. The molecule has 1 fully saturated rings. The fourth-order valence-corrected chi connectivity index (χ4v) is 2.24. The number of non-ortho nitro benzene ring substituents is 1. The Bertz CT molecular complexity index is 514. The van der Waals surface area contributed by atoms with Crippen LogP contribution < -0.4 is 4.74 Å². The van der Waals surface area contributed by atoms with E-state index in [0.717, 1.165) is 6.07 Å². The van der Waals surface area contributed by atoms with Crippen molar-refractivity contribution in [1.29, 1.82) is 0 Å². The van der Waals surface area contributed by atoms with Crippen molar-refractivity contribution in [1.82, 2.24) is 0 Å². The fourth-order valence-electron chi connectivity index (χ4n) is 2.02. The zero-order chi connectivity index (χ0) is 15.6. The van der Waals surface area contributed by atoms with E-state index in [1.54, 1.807) is 0 Å². The SMILES string of the molecule is O=[N+]([O-])c1ccc(O[C@H]2[C@H](O)O[C@H](CO)C[C@@H]2O)c(Cl)c1. The lowest BCUT2D eigenvalue weighted by Crippen LogP contribution is -2.52. The van der Waals surface area contributed by atoms with Crippen LogP contribution in [0.2, 0.25) is 5.02 Å². The van der Waals surface area contributed by atoms with Crippen LogP contribution >= 0.6 is 11.6 Å². The van der Waals surface area contributed by atoms with Crippen LogP contribution in [0.4, 0.5) is 5.69 Å². The minimum atomic E-state index is -1.45. The van der Waals surface area contributed by atoms with E-state index in [0.29, 0.717) is 0 Å². The lowest BCUT2D eigenvalue weighted by molar-refractivity contribution is -0.384. The zero-order valence-electron chi connectivity index (χ0n) is 10.8. The molecular weight excluding hydrogens is 306 g/mol. The van der Waals surface area contributed by atoms with E-state index in [2.05, 4.69) is 0 Å². The number of rotatable bonds is 4. The summed E-state index contributed by atoms with van der Waals surface area (Å²) in [6.45, 7) is -0.334. The van der Waals surface area contributed by atoms with Crippen LogP contribution in [0.3, 0.4) is 0 Å². The minimum absolute atomic E-state index is 0.0205. The molecule has 0 saturated carbocycles. The molecule has 21 heavy (non-hydrogen) atoms. The van der Waals surface area contributed by atoms with Crippen molar-refractivity contribution in [3.63, 3.8) is 0 Å². The Kier molecular flexibility index (Phi) is 4.96. The molecule has 0 radical (unpaired) electrons. The number of benzene rings is 1. The number of aliphatic hydroxyl groups is 3. The summed E-state index contributed by atoms with van der Waals surface area (Å²) in [5, 5.41) is 39.2. The third kappa shape index (κ3) is 3.60. The Morgan fingerprint density at radius 1 is 1.48 bits per heavy atom. The molecule has 1 aromatic carbocycles. The molecule has 1 heterocycles. The molecule has 1 aliphatic heterocycles. The molecule has 1 saturated heterocycles. The van der Waals surface area contributed by atoms with Crippen LogP contribution in [0.1, 0.15) is 6.42 Å². The van der Waals surface area contributed by atoms with Crippen molar-refractivity contribution in [3.8, 4) is 5.75 Å². The fraction of sp³-hybridized carbons (Fsp3) is 0.500. The van der Waals surface area contributed by atoms with E-state index in [-0.39, 0.29) is 29.5 Å². The smallest absolute Gasteiger partial charge is 0.271 e. The standard InChI is InChI=1S/C12H14ClNO7/c13-8-3-6(14(18)19)1-2-10(8)21-11-9(16)4-7(5-15)20-12(11)17/h1-3,7,9,11-12,15-17H,4-5H2/t7-,9-,11+,12+/m0/s1. The summed E-state index contributed by atoms with van der Waals surface area (Å²) in [4.78, 5) is 10.0. The van der Waals surface area contributed by atoms with Crippen LogP contribution in [0.15, 0.2) is 18.2 Å². The molecule has 1 aliphatic rings. The quantitative estimate of drug-likeness (QED) is 0.544. The second-order valence-electron chi connectivity index (χ2n) is 4.59. The van der Waals surface area contributed by atoms with Crippen molar-refractivity contribution in [3.05, 3.63) is 33.3 Å². The molecule has 0 aromatic heterocycles. The highest BCUT2D eigenvalue weighted by Gasteiger charge is 2.38. The van der Waals surface area contributed by atoms with Crippen LogP contribution in [-0.2, 0) is 4.74 Å². The monoisotopic (exact) mass is 319 g/mol. The van der Waals surface area contributed by atoms with E-state index < -0.39 is 29.5 Å². The van der Waals surface area contributed by atoms with Gasteiger partial charge in [0.25, 0.3) is 5.69 Å². The van der Waals surface area contributed by atoms with Gasteiger partial charge in [0.2, 0.25) is 0 Å². The number of aliphatic hydroxyl groups excluding tert-OH is 3. The molecule has 8 nitrogen and oxygen atoms in total. The largest absolute Gasteiger partial charge is 0.481 e. The van der Waals surface area contributed by atoms with Gasteiger partial charge >= 0.3 is 0 Å². The van der Waals surface area contributed by atoms with Gasteiger partial charge in [-0.3, -0.25) is 10.1 Å². The Morgan fingerprint density at radius 2 is 2.19 bits per heavy atom. The molecular formula is C12H14ClNO7. The van der Waals surface area contributed by atoms with Crippen LogP contribution in [-0.4, -0.2) is 51.5 Å². The topological polar surface area (TPSA) is 122 Å². The van der Waals surface area contributed by atoms with Gasteiger partial charge < -0.3 is 24.8 Å². The van der Waals surface area contributed by atoms with Gasteiger partial charge in [-0.1, -0.05) is 11.6 Å². The minimum Gasteiger partial charge on any atom is -0.481 e. The highest BCUT2D eigenvalue weighted by Crippen LogP contribution is 2.32. The third-order valence-corrected chi connectivity index (χ3v) is 3.38. The maximum Gasteiger partial charge on any atom is 0.271 e. The maximum absolute atomic E-state index is 10.6. The van der Waals surface area contributed by atoms with Crippen molar-refractivity contribution in [2.75, 3.05) is 6.61 Å². The lowest BCUT2D eigenvalue weighted by atomic mass is 10.0. The summed E-state index contributed by atoms with van der Waals surface area (Å²) in [5.74, 6) is 0.0800. The van der Waals surface area contributed by atoms with Gasteiger partial charge in [-0.25, -0.2) is 0 Å². The van der Waals surface area contributed by atoms with Crippen LogP contribution in [0, 0.1) is 10.1 Å². The first-order valence-corrected chi connectivity index (χ1v) is 6.53. The lowest BCUT2D eigenvalue weighted by Gasteiger charge is -2.36. The molecule has 3 N–H and O–H groups in total. The number of nitrogens with zero attached hydrogens (tertiary/aromatic N) is 1. The summed E-state index contributed by atoms with van der Waals surface area (Å²) < 4.78 is 10.4. The second kappa shape index (κ2) is 6.54. The van der Waals surface area contributed by atoms with Crippen molar-refractivity contribution in [2.45, 2.75) is 31.0 Å². The average Bonchev–Trinajstić information content (AvgIpc) is 2.43. The van der Waals surface area contributed by atoms with Gasteiger partial charge in [0.1, 0.15) is 5.75 Å². The van der Waals surface area contributed by atoms with Crippen molar-refractivity contribution >= 4 is 17.3 Å². The number of ether oxygens (including phenoxy) is 2. The van der Waals surface area contributed by atoms with Gasteiger partial charge in [-0.05, 0) is 6.07 Å². The first-order valence-electron chi connectivity index (χ1n) is 6.15. The Labute approximate surface area is 124 Å². The molecule has 0 unspecified atom stereocenters. The Morgan fingerprint density at radius 3 is 2.71 bits per heavy atom. The predicted octanol–water partition coefficient (Wildman–Crippen LogP) is 0.456. The number of hydrogen-bond donors (Lipinski definition) is 3. The Balaban J connectivity index is 2.12. The van der Waals surface area contributed by atoms with E-state index in [4.69, 9.17) is 26.2 Å². The number of halogens is 1. The number of hydrogen-bond acceptors (Lipinski definition) is 7. The summed E-state index contributed by atoms with van der Waals surface area (Å²) in [6.07, 6.45) is -4.22. The molecule has 4 atom stereocenters. The molecule has 116 valence electrons. The van der Waals surface area contributed by atoms with Crippen molar-refractivity contribution in [2.24, 2.45) is 0 Å². The molecule has 9 heteroatoms. The van der Waals surface area contributed by atoms with Gasteiger partial charge in [-0.15, -0.1) is 0 Å². The number of nitro groups is 1. The second-order valence-corrected chi connectivity index (χ2v) is 5.00. The molecule has 0 bridgehead atoms. The van der Waals surface area contributed by atoms with Gasteiger partial charge in [0.05, 0.1) is 28.8 Å². The van der Waals surface area contributed by atoms with E-state index in [1.807, 2.05) is 0 Å². The highest BCUT2D eigenvalue weighted by atomic mass is 35.5. The summed E-state index contributed by atoms with van der Waals surface area (Å²) >= 11 is 5.87. The zero-order valence-corrected chi connectivity index (χ0v) is 11.5. The maximum atomic E-state index is 10.6.